The number of aryl methyl sites for hydroxylation is 1. The summed E-state index contributed by atoms with van der Waals surface area (Å²) in [6, 6.07) is 0.343. The Morgan fingerprint density at radius 1 is 1.59 bits per heavy atom. The molecule has 0 aromatic carbocycles. The van der Waals surface area contributed by atoms with Crippen molar-refractivity contribution in [2.45, 2.75) is 52.0 Å². The van der Waals surface area contributed by atoms with Crippen LogP contribution in [-0.2, 0) is 0 Å². The minimum atomic E-state index is 0.0120. The van der Waals surface area contributed by atoms with Gasteiger partial charge in [0.1, 0.15) is 0 Å². The Bertz CT molecular complexity index is 386. The van der Waals surface area contributed by atoms with Crippen LogP contribution in [0.4, 0.5) is 0 Å². The predicted octanol–water partition coefficient (Wildman–Crippen LogP) is 2.42. The molecule has 0 bridgehead atoms. The minimum absolute atomic E-state index is 0.0120. The Kier molecular flexibility index (Phi) is 3.82. The van der Waals surface area contributed by atoms with Gasteiger partial charge in [-0.15, -0.1) is 0 Å². The third-order valence-corrected chi connectivity index (χ3v) is 3.77. The van der Waals surface area contributed by atoms with E-state index in [4.69, 9.17) is 0 Å². The molecule has 4 heteroatoms. The van der Waals surface area contributed by atoms with E-state index in [2.05, 4.69) is 22.4 Å². The first-order chi connectivity index (χ1) is 8.20. The predicted molar refractivity (Wildman–Crippen MR) is 66.8 cm³/mol. The lowest BCUT2D eigenvalue weighted by Gasteiger charge is -2.29. The Morgan fingerprint density at radius 3 is 3.06 bits per heavy atom. The maximum Gasteiger partial charge on any atom is 0.254 e. The Hall–Kier alpha value is -1.32. The molecule has 2 N–H and O–H groups in total. The summed E-state index contributed by atoms with van der Waals surface area (Å²) in [4.78, 5) is 12.0. The van der Waals surface area contributed by atoms with Gasteiger partial charge in [0, 0.05) is 11.7 Å². The molecule has 0 aliphatic heterocycles. The summed E-state index contributed by atoms with van der Waals surface area (Å²) in [5.41, 5.74) is 1.51. The average Bonchev–Trinajstić information content (AvgIpc) is 2.76. The van der Waals surface area contributed by atoms with Crippen molar-refractivity contribution in [3.63, 3.8) is 0 Å². The molecule has 0 spiro atoms. The fourth-order valence-electron chi connectivity index (χ4n) is 2.64. The summed E-state index contributed by atoms with van der Waals surface area (Å²) in [5, 5.41) is 9.80. The first-order valence-electron chi connectivity index (χ1n) is 6.51. The van der Waals surface area contributed by atoms with Crippen LogP contribution in [0.1, 0.15) is 55.1 Å². The van der Waals surface area contributed by atoms with Crippen molar-refractivity contribution >= 4 is 5.91 Å². The molecule has 1 amide bonds. The molecule has 1 aliphatic rings. The van der Waals surface area contributed by atoms with Crippen LogP contribution in [0.5, 0.6) is 0 Å². The van der Waals surface area contributed by atoms with Gasteiger partial charge in [-0.25, -0.2) is 0 Å². The first-order valence-corrected chi connectivity index (χ1v) is 6.51. The monoisotopic (exact) mass is 235 g/mol. The van der Waals surface area contributed by atoms with Crippen LogP contribution in [0.3, 0.4) is 0 Å². The minimum Gasteiger partial charge on any atom is -0.349 e. The van der Waals surface area contributed by atoms with Crippen molar-refractivity contribution in [1.29, 1.82) is 0 Å². The van der Waals surface area contributed by atoms with Crippen LogP contribution in [-0.4, -0.2) is 22.1 Å². The van der Waals surface area contributed by atoms with E-state index in [9.17, 15) is 4.79 Å². The number of H-pyrrole nitrogens is 1. The number of aromatic amines is 1. The fraction of sp³-hybridized carbons (Fsp3) is 0.692. The topological polar surface area (TPSA) is 57.8 Å². The molecular weight excluding hydrogens is 214 g/mol. The summed E-state index contributed by atoms with van der Waals surface area (Å²) in [6.45, 7) is 4.10. The molecule has 1 aliphatic carbocycles. The second-order valence-electron chi connectivity index (χ2n) is 5.02. The molecular formula is C13H21N3O. The maximum atomic E-state index is 12.0. The normalized spacial score (nSPS) is 24.6. The van der Waals surface area contributed by atoms with Crippen molar-refractivity contribution in [3.05, 3.63) is 17.5 Å². The number of hydrogen-bond donors (Lipinski definition) is 2. The van der Waals surface area contributed by atoms with Gasteiger partial charge in [-0.3, -0.25) is 9.89 Å². The molecule has 0 saturated heterocycles. The van der Waals surface area contributed by atoms with Crippen molar-refractivity contribution in [2.75, 3.05) is 0 Å². The molecule has 94 valence electrons. The number of nitrogens with one attached hydrogen (secondary N) is 2. The lowest BCUT2D eigenvalue weighted by Crippen LogP contribution is -2.38. The zero-order valence-electron chi connectivity index (χ0n) is 10.6. The summed E-state index contributed by atoms with van der Waals surface area (Å²) in [7, 11) is 0. The van der Waals surface area contributed by atoms with Crippen molar-refractivity contribution in [3.8, 4) is 0 Å². The molecule has 2 unspecified atom stereocenters. The molecule has 2 rings (SSSR count). The van der Waals surface area contributed by atoms with E-state index in [0.717, 1.165) is 24.5 Å². The highest BCUT2D eigenvalue weighted by atomic mass is 16.1. The molecule has 17 heavy (non-hydrogen) atoms. The van der Waals surface area contributed by atoms with Crippen LogP contribution >= 0.6 is 0 Å². The molecule has 1 saturated carbocycles. The van der Waals surface area contributed by atoms with Gasteiger partial charge in [-0.2, -0.15) is 5.10 Å². The lowest BCUT2D eigenvalue weighted by molar-refractivity contribution is 0.0918. The molecule has 2 atom stereocenters. The standard InChI is InChI=1S/C13H21N3O/c1-3-10-5-4-6-11(7-10)15-13(17)12-8-14-16-9(12)2/h8,10-11H,3-7H2,1-2H3,(H,14,16)(H,15,17). The number of aromatic nitrogens is 2. The highest BCUT2D eigenvalue weighted by Gasteiger charge is 2.23. The molecule has 1 heterocycles. The molecule has 4 nitrogen and oxygen atoms in total. The largest absolute Gasteiger partial charge is 0.349 e. The molecule has 1 aromatic rings. The third-order valence-electron chi connectivity index (χ3n) is 3.77. The fourth-order valence-corrected chi connectivity index (χ4v) is 2.64. The summed E-state index contributed by atoms with van der Waals surface area (Å²) < 4.78 is 0. The zero-order chi connectivity index (χ0) is 12.3. The van der Waals surface area contributed by atoms with Gasteiger partial charge in [0.15, 0.2) is 0 Å². The summed E-state index contributed by atoms with van der Waals surface area (Å²) in [5.74, 6) is 0.789. The van der Waals surface area contributed by atoms with Crippen LogP contribution in [0.15, 0.2) is 6.20 Å². The Labute approximate surface area is 102 Å². The smallest absolute Gasteiger partial charge is 0.254 e. The van der Waals surface area contributed by atoms with E-state index in [-0.39, 0.29) is 5.91 Å². The highest BCUT2D eigenvalue weighted by Crippen LogP contribution is 2.26. The van der Waals surface area contributed by atoms with Gasteiger partial charge in [0.05, 0.1) is 11.8 Å². The number of carbonyl (C=O) groups is 1. The second kappa shape index (κ2) is 5.34. The van der Waals surface area contributed by atoms with Crippen molar-refractivity contribution < 1.29 is 4.79 Å². The first kappa shape index (κ1) is 12.1. The van der Waals surface area contributed by atoms with Crippen LogP contribution in [0.2, 0.25) is 0 Å². The van der Waals surface area contributed by atoms with Gasteiger partial charge in [-0.05, 0) is 25.7 Å². The SMILES string of the molecule is CCC1CCCC(NC(=O)c2cn[nH]c2C)C1. The van der Waals surface area contributed by atoms with E-state index in [1.807, 2.05) is 6.92 Å². The van der Waals surface area contributed by atoms with Crippen molar-refractivity contribution in [1.82, 2.24) is 15.5 Å². The molecule has 1 aromatic heterocycles. The number of hydrogen-bond acceptors (Lipinski definition) is 2. The lowest BCUT2D eigenvalue weighted by atomic mass is 9.84. The van der Waals surface area contributed by atoms with E-state index in [0.29, 0.717) is 11.6 Å². The quantitative estimate of drug-likeness (QED) is 0.845. The summed E-state index contributed by atoms with van der Waals surface area (Å²) >= 11 is 0. The van der Waals surface area contributed by atoms with E-state index < -0.39 is 0 Å². The number of nitrogens with zero attached hydrogens (tertiary/aromatic N) is 1. The average molecular weight is 235 g/mol. The third kappa shape index (κ3) is 2.87. The van der Waals surface area contributed by atoms with Gasteiger partial charge in [0.2, 0.25) is 0 Å². The van der Waals surface area contributed by atoms with Crippen molar-refractivity contribution in [2.24, 2.45) is 5.92 Å². The van der Waals surface area contributed by atoms with Crippen LogP contribution in [0, 0.1) is 12.8 Å². The van der Waals surface area contributed by atoms with Crippen LogP contribution < -0.4 is 5.32 Å². The second-order valence-corrected chi connectivity index (χ2v) is 5.02. The van der Waals surface area contributed by atoms with Gasteiger partial charge >= 0.3 is 0 Å². The van der Waals surface area contributed by atoms with Crippen LogP contribution in [0.25, 0.3) is 0 Å². The van der Waals surface area contributed by atoms with Gasteiger partial charge in [-0.1, -0.05) is 26.2 Å². The number of carbonyl (C=O) groups excluding carboxylic acids is 1. The Morgan fingerprint density at radius 2 is 2.41 bits per heavy atom. The molecule has 0 radical (unpaired) electrons. The maximum absolute atomic E-state index is 12.0. The van der Waals surface area contributed by atoms with Gasteiger partial charge < -0.3 is 5.32 Å². The Balaban J connectivity index is 1.93. The zero-order valence-corrected chi connectivity index (χ0v) is 10.6. The highest BCUT2D eigenvalue weighted by molar-refractivity contribution is 5.95. The number of amides is 1. The van der Waals surface area contributed by atoms with E-state index in [1.165, 1.54) is 19.3 Å². The summed E-state index contributed by atoms with van der Waals surface area (Å²) in [6.07, 6.45) is 7.60. The van der Waals surface area contributed by atoms with E-state index in [1.54, 1.807) is 6.20 Å². The van der Waals surface area contributed by atoms with Gasteiger partial charge in [0.25, 0.3) is 5.91 Å². The number of rotatable bonds is 3. The van der Waals surface area contributed by atoms with E-state index >= 15 is 0 Å². The molecule has 1 fully saturated rings.